The summed E-state index contributed by atoms with van der Waals surface area (Å²) in [6.45, 7) is 5.23. The van der Waals surface area contributed by atoms with Crippen LogP contribution >= 0.6 is 0 Å². The molecule has 0 spiro atoms. The number of hydrazone groups is 1. The average Bonchev–Trinajstić information content (AvgIpc) is 3.27. The summed E-state index contributed by atoms with van der Waals surface area (Å²) in [5.41, 5.74) is 9.95. The first-order chi connectivity index (χ1) is 18.0. The maximum absolute atomic E-state index is 13.4. The van der Waals surface area contributed by atoms with E-state index in [4.69, 9.17) is 4.42 Å². The zero-order valence-electron chi connectivity index (χ0n) is 21.4. The van der Waals surface area contributed by atoms with Crippen LogP contribution in [0, 0.1) is 6.92 Å². The maximum Gasteiger partial charge on any atom is 0.301 e. The molecule has 192 valence electrons. The highest BCUT2D eigenvalue weighted by Crippen LogP contribution is 2.30. The van der Waals surface area contributed by atoms with E-state index in [1.165, 1.54) is 0 Å². The number of carbonyl (C=O) groups excluding carboxylic acids is 2. The Labute approximate surface area is 217 Å². The van der Waals surface area contributed by atoms with Crippen LogP contribution in [-0.2, 0) is 11.2 Å². The first-order valence-electron chi connectivity index (χ1n) is 12.8. The van der Waals surface area contributed by atoms with Crippen LogP contribution in [0.5, 0.6) is 0 Å². The largest absolute Gasteiger partial charge is 0.455 e. The molecule has 8 heteroatoms. The van der Waals surface area contributed by atoms with E-state index in [1.807, 2.05) is 72.6 Å². The Hall–Kier alpha value is -3.75. The number of amides is 2. The molecule has 0 bridgehead atoms. The number of hydrazine groups is 1. The van der Waals surface area contributed by atoms with Gasteiger partial charge in [0.25, 0.3) is 5.91 Å². The van der Waals surface area contributed by atoms with Crippen LogP contribution in [0.1, 0.15) is 57.3 Å². The number of rotatable bonds is 6. The summed E-state index contributed by atoms with van der Waals surface area (Å²) in [6, 6.07) is 19.4. The van der Waals surface area contributed by atoms with Gasteiger partial charge in [-0.3, -0.25) is 15.0 Å². The zero-order valence-corrected chi connectivity index (χ0v) is 21.4. The van der Waals surface area contributed by atoms with Gasteiger partial charge < -0.3 is 9.32 Å². The van der Waals surface area contributed by atoms with Gasteiger partial charge in [-0.2, -0.15) is 5.10 Å². The molecule has 2 aliphatic rings. The Morgan fingerprint density at radius 2 is 1.54 bits per heavy atom. The normalized spacial score (nSPS) is 17.5. The molecule has 2 amide bonds. The smallest absolute Gasteiger partial charge is 0.301 e. The van der Waals surface area contributed by atoms with Crippen molar-refractivity contribution in [2.24, 2.45) is 5.10 Å². The fourth-order valence-corrected chi connectivity index (χ4v) is 5.08. The number of hydrogen-bond acceptors (Lipinski definition) is 6. The van der Waals surface area contributed by atoms with Gasteiger partial charge in [-0.1, -0.05) is 60.7 Å². The molecule has 0 saturated carbocycles. The van der Waals surface area contributed by atoms with Gasteiger partial charge >= 0.3 is 5.91 Å². The third kappa shape index (κ3) is 5.50. The van der Waals surface area contributed by atoms with Gasteiger partial charge in [-0.05, 0) is 37.9 Å². The number of hydrogen-bond donors (Lipinski definition) is 2. The molecule has 0 radical (unpaired) electrons. The molecular weight excluding hydrogens is 466 g/mol. The van der Waals surface area contributed by atoms with Crippen molar-refractivity contribution in [1.29, 1.82) is 0 Å². The Kier molecular flexibility index (Phi) is 7.48. The molecule has 2 aromatic carbocycles. The second-order valence-electron chi connectivity index (χ2n) is 9.73. The lowest BCUT2D eigenvalue weighted by molar-refractivity contribution is -0.121. The molecule has 1 aromatic heterocycles. The molecule has 1 aliphatic heterocycles. The quantitative estimate of drug-likeness (QED) is 0.507. The van der Waals surface area contributed by atoms with Crippen molar-refractivity contribution in [3.63, 3.8) is 0 Å². The molecule has 3 aromatic rings. The van der Waals surface area contributed by atoms with Crippen LogP contribution < -0.4 is 10.9 Å². The van der Waals surface area contributed by atoms with E-state index >= 15 is 0 Å². The Morgan fingerprint density at radius 1 is 0.919 bits per heavy atom. The maximum atomic E-state index is 13.4. The minimum absolute atomic E-state index is 0.203. The second kappa shape index (κ2) is 11.1. The summed E-state index contributed by atoms with van der Waals surface area (Å²) in [5.74, 6) is 0.142. The predicted molar refractivity (Wildman–Crippen MR) is 142 cm³/mol. The Morgan fingerprint density at radius 3 is 2.16 bits per heavy atom. The van der Waals surface area contributed by atoms with Crippen LogP contribution in [-0.4, -0.2) is 60.7 Å². The molecule has 2 N–H and O–H groups in total. The number of furan rings is 1. The fraction of sp³-hybridized carbons (Fsp3) is 0.345. The van der Waals surface area contributed by atoms with E-state index in [2.05, 4.69) is 27.9 Å². The number of nitrogens with zero attached hydrogens (tertiary/aromatic N) is 3. The molecule has 1 aliphatic carbocycles. The number of piperazine rings is 1. The van der Waals surface area contributed by atoms with Gasteiger partial charge in [0.05, 0.1) is 11.6 Å². The van der Waals surface area contributed by atoms with Gasteiger partial charge in [-0.25, -0.2) is 10.4 Å². The van der Waals surface area contributed by atoms with Crippen LogP contribution in [0.4, 0.5) is 0 Å². The monoisotopic (exact) mass is 499 g/mol. The van der Waals surface area contributed by atoms with Crippen LogP contribution in [0.3, 0.4) is 0 Å². The number of likely N-dealkylation sites (N-methyl/N-ethyl adjacent to an activating group) is 1. The highest BCUT2D eigenvalue weighted by Gasteiger charge is 2.30. The summed E-state index contributed by atoms with van der Waals surface area (Å²) in [7, 11) is 2.07. The Balaban J connectivity index is 1.36. The minimum atomic E-state index is -0.481. The molecule has 1 saturated heterocycles. The van der Waals surface area contributed by atoms with Gasteiger partial charge in [0, 0.05) is 43.7 Å². The van der Waals surface area contributed by atoms with E-state index in [1.54, 1.807) is 0 Å². The first-order valence-corrected chi connectivity index (χ1v) is 12.8. The number of nitrogens with one attached hydrogen (secondary N) is 2. The van der Waals surface area contributed by atoms with E-state index in [0.717, 1.165) is 72.7 Å². The van der Waals surface area contributed by atoms with Crippen molar-refractivity contribution in [2.45, 2.75) is 32.1 Å². The van der Waals surface area contributed by atoms with Gasteiger partial charge in [0.1, 0.15) is 5.76 Å². The minimum Gasteiger partial charge on any atom is -0.455 e. The topological polar surface area (TPSA) is 90.2 Å². The van der Waals surface area contributed by atoms with Crippen LogP contribution in [0.15, 0.2) is 70.2 Å². The summed E-state index contributed by atoms with van der Waals surface area (Å²) < 4.78 is 6.04. The standard InChI is InChI=1S/C29H33N5O3/c1-20-25-23(14-9-15-24(25)37-27(20)29(36)32-34-18-16-33(2)17-19-34)30-31-28(35)26(21-10-5-3-6-11-21)22-12-7-4-8-13-22/h3-8,10-13,26H,9,14-19H2,1-2H3,(H,31,35)(H,32,36)/b30-23+. The molecule has 1 fully saturated rings. The molecule has 37 heavy (non-hydrogen) atoms. The first kappa shape index (κ1) is 24.9. The van der Waals surface area contributed by atoms with Gasteiger partial charge in [0.2, 0.25) is 0 Å². The van der Waals surface area contributed by atoms with Crippen LogP contribution in [0.25, 0.3) is 0 Å². The molecule has 5 rings (SSSR count). The highest BCUT2D eigenvalue weighted by atomic mass is 16.4. The number of fused-ring (bicyclic) bond motifs is 1. The average molecular weight is 500 g/mol. The van der Waals surface area contributed by atoms with E-state index in [0.29, 0.717) is 12.2 Å². The lowest BCUT2D eigenvalue weighted by Gasteiger charge is -2.32. The third-order valence-corrected chi connectivity index (χ3v) is 7.12. The summed E-state index contributed by atoms with van der Waals surface area (Å²) in [6.07, 6.45) is 2.28. The Bertz CT molecular complexity index is 1240. The van der Waals surface area contributed by atoms with E-state index < -0.39 is 5.92 Å². The predicted octanol–water partition coefficient (Wildman–Crippen LogP) is 3.47. The fourth-order valence-electron chi connectivity index (χ4n) is 5.08. The highest BCUT2D eigenvalue weighted by molar-refractivity contribution is 6.06. The van der Waals surface area contributed by atoms with E-state index in [9.17, 15) is 9.59 Å². The molecule has 8 nitrogen and oxygen atoms in total. The number of carbonyl (C=O) groups is 2. The number of aryl methyl sites for hydroxylation is 1. The molecule has 0 atom stereocenters. The lowest BCUT2D eigenvalue weighted by atomic mass is 9.90. The SMILES string of the molecule is Cc1c(C(=O)NN2CCN(C)CC2)oc2c1/C(=N/NC(=O)C(c1ccccc1)c1ccccc1)CCC2. The molecule has 2 heterocycles. The van der Waals surface area contributed by atoms with Crippen molar-refractivity contribution in [2.75, 3.05) is 33.2 Å². The zero-order chi connectivity index (χ0) is 25.8. The van der Waals surface area contributed by atoms with Crippen LogP contribution in [0.2, 0.25) is 0 Å². The molecule has 0 unspecified atom stereocenters. The summed E-state index contributed by atoms with van der Waals surface area (Å²) in [4.78, 5) is 28.7. The second-order valence-corrected chi connectivity index (χ2v) is 9.73. The van der Waals surface area contributed by atoms with Gasteiger partial charge in [-0.15, -0.1) is 0 Å². The third-order valence-electron chi connectivity index (χ3n) is 7.12. The van der Waals surface area contributed by atoms with Crippen molar-refractivity contribution >= 4 is 17.5 Å². The van der Waals surface area contributed by atoms with Crippen molar-refractivity contribution in [3.8, 4) is 0 Å². The molecular formula is C29H33N5O3. The number of benzene rings is 2. The van der Waals surface area contributed by atoms with Crippen molar-refractivity contribution in [3.05, 3.63) is 94.4 Å². The summed E-state index contributed by atoms with van der Waals surface area (Å²) in [5, 5.41) is 6.50. The van der Waals surface area contributed by atoms with Crippen molar-refractivity contribution < 1.29 is 14.0 Å². The summed E-state index contributed by atoms with van der Waals surface area (Å²) >= 11 is 0. The van der Waals surface area contributed by atoms with E-state index in [-0.39, 0.29) is 11.8 Å². The lowest BCUT2D eigenvalue weighted by Crippen LogP contribution is -2.52. The van der Waals surface area contributed by atoms with Gasteiger partial charge in [0.15, 0.2) is 5.76 Å². The van der Waals surface area contributed by atoms with Crippen molar-refractivity contribution in [1.82, 2.24) is 20.8 Å².